The van der Waals surface area contributed by atoms with E-state index in [2.05, 4.69) is 4.98 Å². The Morgan fingerprint density at radius 3 is 2.45 bits per heavy atom. The number of hydrogen-bond donors (Lipinski definition) is 2. The van der Waals surface area contributed by atoms with Crippen molar-refractivity contribution in [1.82, 2.24) is 9.55 Å². The summed E-state index contributed by atoms with van der Waals surface area (Å²) in [5.74, 6) is 0. The Kier molecular flexibility index (Phi) is 7.06. The maximum absolute atomic E-state index is 13.7. The van der Waals surface area contributed by atoms with E-state index in [1.165, 1.54) is 37.4 Å². The largest absolute Gasteiger partial charge is 0.392 e. The number of hydrogen-bond acceptors (Lipinski definition) is 8. The predicted octanol–water partition coefficient (Wildman–Crippen LogP) is 0.978. The lowest BCUT2D eigenvalue weighted by molar-refractivity contribution is -0.387. The molecule has 0 aliphatic rings. The van der Waals surface area contributed by atoms with Gasteiger partial charge >= 0.3 is 5.69 Å². The zero-order chi connectivity index (χ0) is 24.2. The summed E-state index contributed by atoms with van der Waals surface area (Å²) in [5, 5.41) is 21.3. The van der Waals surface area contributed by atoms with E-state index in [-0.39, 0.29) is 11.3 Å². The van der Waals surface area contributed by atoms with Crippen LogP contribution in [-0.2, 0) is 21.4 Å². The molecule has 0 unspecified atom stereocenters. The fourth-order valence-electron chi connectivity index (χ4n) is 3.23. The van der Waals surface area contributed by atoms with Crippen molar-refractivity contribution in [3.8, 4) is 0 Å². The number of aliphatic hydroxyl groups excluding tert-OH is 1. The first-order valence-electron chi connectivity index (χ1n) is 9.50. The fraction of sp³-hybridized carbons (Fsp3) is 0.200. The second-order valence-corrected chi connectivity index (χ2v) is 8.59. The van der Waals surface area contributed by atoms with Gasteiger partial charge < -0.3 is 9.84 Å². The number of para-hydroxylation sites is 2. The predicted molar refractivity (Wildman–Crippen MR) is 117 cm³/mol. The minimum absolute atomic E-state index is 0.0395. The molecule has 0 saturated heterocycles. The number of H-pyrrole nitrogens is 1. The van der Waals surface area contributed by atoms with Crippen LogP contribution >= 0.6 is 0 Å². The molecule has 12 nitrogen and oxygen atoms in total. The number of benzene rings is 2. The van der Waals surface area contributed by atoms with Gasteiger partial charge in [-0.1, -0.05) is 30.3 Å². The summed E-state index contributed by atoms with van der Waals surface area (Å²) in [5.41, 5.74) is -1.87. The van der Waals surface area contributed by atoms with Gasteiger partial charge in [0.1, 0.15) is 0 Å². The number of methoxy groups -OCH3 is 1. The standard InChI is InChI=1S/C20H20N4O8S/c1-32-19(22-11-10-18(26)21-20(22)27)12-23(15-7-3-2-6-14(15)13-25)33(30,31)17-9-5-4-8-16(17)24(28)29/h2-11,19,25H,12-13H2,1H3,(H,21,26,27)/t19-/m1/s1. The highest BCUT2D eigenvalue weighted by Crippen LogP contribution is 2.32. The average Bonchev–Trinajstić information content (AvgIpc) is 2.80. The van der Waals surface area contributed by atoms with Gasteiger partial charge in [-0.15, -0.1) is 0 Å². The maximum atomic E-state index is 13.7. The second-order valence-electron chi connectivity index (χ2n) is 6.76. The van der Waals surface area contributed by atoms with Crippen LogP contribution in [0.25, 0.3) is 0 Å². The first kappa shape index (κ1) is 23.8. The van der Waals surface area contributed by atoms with Crippen LogP contribution < -0.4 is 15.6 Å². The molecule has 0 saturated carbocycles. The van der Waals surface area contributed by atoms with Gasteiger partial charge in [0.2, 0.25) is 0 Å². The number of nitrogens with one attached hydrogen (secondary N) is 1. The molecule has 1 aromatic heterocycles. The molecule has 2 aromatic carbocycles. The first-order chi connectivity index (χ1) is 15.7. The Morgan fingerprint density at radius 1 is 1.15 bits per heavy atom. The number of aliphatic hydroxyl groups is 1. The molecule has 174 valence electrons. The Labute approximate surface area is 187 Å². The molecule has 0 radical (unpaired) electrons. The summed E-state index contributed by atoms with van der Waals surface area (Å²) >= 11 is 0. The van der Waals surface area contributed by atoms with Crippen molar-refractivity contribution in [3.63, 3.8) is 0 Å². The molecule has 0 bridgehead atoms. The van der Waals surface area contributed by atoms with Crippen LogP contribution in [0.2, 0.25) is 0 Å². The summed E-state index contributed by atoms with van der Waals surface area (Å²) < 4.78 is 34.5. The molecule has 3 rings (SSSR count). The molecule has 0 aliphatic heterocycles. The van der Waals surface area contributed by atoms with Gasteiger partial charge in [0.05, 0.1) is 23.8 Å². The molecule has 3 aromatic rings. The molecule has 2 N–H and O–H groups in total. The second kappa shape index (κ2) is 9.77. The minimum atomic E-state index is -4.58. The summed E-state index contributed by atoms with van der Waals surface area (Å²) in [6.07, 6.45) is -0.0816. The van der Waals surface area contributed by atoms with Gasteiger partial charge in [0, 0.05) is 31.0 Å². The number of nitrogens with zero attached hydrogens (tertiary/aromatic N) is 3. The summed E-state index contributed by atoms with van der Waals surface area (Å²) in [7, 11) is -3.35. The van der Waals surface area contributed by atoms with Crippen LogP contribution in [0.4, 0.5) is 11.4 Å². The van der Waals surface area contributed by atoms with Crippen molar-refractivity contribution < 1.29 is 23.2 Å². The van der Waals surface area contributed by atoms with E-state index >= 15 is 0 Å². The van der Waals surface area contributed by atoms with Crippen LogP contribution in [0.3, 0.4) is 0 Å². The van der Waals surface area contributed by atoms with Crippen molar-refractivity contribution in [3.05, 3.63) is 97.3 Å². The van der Waals surface area contributed by atoms with E-state index in [1.54, 1.807) is 6.07 Å². The third-order valence-electron chi connectivity index (χ3n) is 4.82. The van der Waals surface area contributed by atoms with Crippen molar-refractivity contribution >= 4 is 21.4 Å². The Balaban J connectivity index is 2.22. The summed E-state index contributed by atoms with van der Waals surface area (Å²) in [4.78, 5) is 35.9. The van der Waals surface area contributed by atoms with Gasteiger partial charge in [0.15, 0.2) is 11.1 Å². The van der Waals surface area contributed by atoms with E-state index in [1.807, 2.05) is 0 Å². The fourth-order valence-corrected chi connectivity index (χ4v) is 4.89. The number of aromatic nitrogens is 2. The molecule has 1 heterocycles. The van der Waals surface area contributed by atoms with Crippen LogP contribution in [-0.4, -0.2) is 41.7 Å². The topological polar surface area (TPSA) is 165 Å². The van der Waals surface area contributed by atoms with Crippen molar-refractivity contribution in [2.75, 3.05) is 18.0 Å². The quantitative estimate of drug-likeness (QED) is 0.341. The number of rotatable bonds is 9. The molecule has 33 heavy (non-hydrogen) atoms. The minimum Gasteiger partial charge on any atom is -0.392 e. The van der Waals surface area contributed by atoms with Crippen LogP contribution in [0, 0.1) is 10.1 Å². The lowest BCUT2D eigenvalue weighted by Gasteiger charge is -2.30. The van der Waals surface area contributed by atoms with Crippen LogP contribution in [0.15, 0.2) is 75.3 Å². The highest BCUT2D eigenvalue weighted by atomic mass is 32.2. The van der Waals surface area contributed by atoms with Gasteiger partial charge in [-0.05, 0) is 12.1 Å². The lowest BCUT2D eigenvalue weighted by Crippen LogP contribution is -2.41. The third-order valence-corrected chi connectivity index (χ3v) is 6.64. The number of anilines is 1. The van der Waals surface area contributed by atoms with E-state index in [0.717, 1.165) is 33.3 Å². The van der Waals surface area contributed by atoms with E-state index in [9.17, 15) is 33.2 Å². The molecule has 0 aliphatic carbocycles. The van der Waals surface area contributed by atoms with E-state index in [0.29, 0.717) is 0 Å². The number of sulfonamides is 1. The Hall–Kier alpha value is -3.81. The zero-order valence-electron chi connectivity index (χ0n) is 17.3. The molecular weight excluding hydrogens is 456 g/mol. The van der Waals surface area contributed by atoms with Crippen LogP contribution in [0.5, 0.6) is 0 Å². The van der Waals surface area contributed by atoms with Gasteiger partial charge in [-0.25, -0.2) is 13.2 Å². The Morgan fingerprint density at radius 2 is 1.82 bits per heavy atom. The Bertz CT molecular complexity index is 1380. The number of aromatic amines is 1. The molecule has 1 atom stereocenters. The molecule has 0 amide bonds. The number of nitro benzene ring substituents is 1. The monoisotopic (exact) mass is 476 g/mol. The van der Waals surface area contributed by atoms with Gasteiger partial charge in [0.25, 0.3) is 21.3 Å². The SMILES string of the molecule is CO[C@H](CN(c1ccccc1CO)S(=O)(=O)c1ccccc1[N+](=O)[O-])n1ccc(=O)[nH]c1=O. The van der Waals surface area contributed by atoms with Crippen LogP contribution in [0.1, 0.15) is 11.8 Å². The third kappa shape index (κ3) is 4.84. The highest BCUT2D eigenvalue weighted by Gasteiger charge is 2.34. The average molecular weight is 476 g/mol. The van der Waals surface area contributed by atoms with Gasteiger partial charge in [-0.2, -0.15) is 0 Å². The summed E-state index contributed by atoms with van der Waals surface area (Å²) in [6, 6.07) is 11.9. The summed E-state index contributed by atoms with van der Waals surface area (Å²) in [6.45, 7) is -1.02. The normalized spacial score (nSPS) is 12.3. The van der Waals surface area contributed by atoms with Crippen molar-refractivity contribution in [1.29, 1.82) is 0 Å². The molecule has 13 heteroatoms. The molecular formula is C20H20N4O8S. The highest BCUT2D eigenvalue weighted by molar-refractivity contribution is 7.93. The van der Waals surface area contributed by atoms with Crippen molar-refractivity contribution in [2.24, 2.45) is 0 Å². The van der Waals surface area contributed by atoms with Gasteiger partial charge in [-0.3, -0.25) is 28.8 Å². The van der Waals surface area contributed by atoms with E-state index in [4.69, 9.17) is 4.74 Å². The smallest absolute Gasteiger partial charge is 0.330 e. The van der Waals surface area contributed by atoms with Crippen molar-refractivity contribution in [2.45, 2.75) is 17.7 Å². The molecule has 0 spiro atoms. The van der Waals surface area contributed by atoms with E-state index < -0.39 is 56.2 Å². The zero-order valence-corrected chi connectivity index (χ0v) is 18.1. The maximum Gasteiger partial charge on any atom is 0.330 e. The number of nitro groups is 1. The first-order valence-corrected chi connectivity index (χ1v) is 10.9. The number of ether oxygens (including phenoxy) is 1. The molecule has 0 fully saturated rings. The lowest BCUT2D eigenvalue weighted by atomic mass is 10.2.